The van der Waals surface area contributed by atoms with Gasteiger partial charge in [0.05, 0.1) is 12.0 Å². The lowest BCUT2D eigenvalue weighted by Crippen LogP contribution is -2.23. The SMILES string of the molecule is Cn1cncc1CNC(c1ccc(F)cc1)C1CC1. The molecular weight excluding hydrogens is 241 g/mol. The molecule has 100 valence electrons. The highest BCUT2D eigenvalue weighted by molar-refractivity contribution is 5.22. The number of nitrogens with one attached hydrogen (secondary N) is 1. The normalized spacial score (nSPS) is 16.5. The third kappa shape index (κ3) is 2.84. The Morgan fingerprint density at radius 2 is 2.11 bits per heavy atom. The summed E-state index contributed by atoms with van der Waals surface area (Å²) in [6.07, 6.45) is 6.18. The van der Waals surface area contributed by atoms with Gasteiger partial charge >= 0.3 is 0 Å². The summed E-state index contributed by atoms with van der Waals surface area (Å²) >= 11 is 0. The number of hydrogen-bond donors (Lipinski definition) is 1. The molecule has 1 heterocycles. The van der Waals surface area contributed by atoms with Crippen LogP contribution in [0.5, 0.6) is 0 Å². The first-order valence-corrected chi connectivity index (χ1v) is 6.68. The van der Waals surface area contributed by atoms with E-state index in [0.29, 0.717) is 12.0 Å². The first-order valence-electron chi connectivity index (χ1n) is 6.68. The van der Waals surface area contributed by atoms with Crippen molar-refractivity contribution in [3.05, 3.63) is 53.9 Å². The minimum Gasteiger partial charge on any atom is -0.337 e. The number of nitrogens with zero attached hydrogens (tertiary/aromatic N) is 2. The first kappa shape index (κ1) is 12.4. The summed E-state index contributed by atoms with van der Waals surface area (Å²) in [5.41, 5.74) is 2.33. The molecule has 1 aromatic heterocycles. The molecule has 0 radical (unpaired) electrons. The molecule has 1 aliphatic carbocycles. The van der Waals surface area contributed by atoms with E-state index in [0.717, 1.165) is 12.2 Å². The zero-order valence-corrected chi connectivity index (χ0v) is 11.0. The topological polar surface area (TPSA) is 29.9 Å². The Bertz CT molecular complexity index is 543. The summed E-state index contributed by atoms with van der Waals surface area (Å²) in [6.45, 7) is 0.787. The van der Waals surface area contributed by atoms with Crippen molar-refractivity contribution < 1.29 is 4.39 Å². The molecule has 1 unspecified atom stereocenters. The maximum Gasteiger partial charge on any atom is 0.123 e. The second kappa shape index (κ2) is 5.13. The van der Waals surface area contributed by atoms with Crippen molar-refractivity contribution in [2.24, 2.45) is 13.0 Å². The van der Waals surface area contributed by atoms with Gasteiger partial charge < -0.3 is 9.88 Å². The van der Waals surface area contributed by atoms with Crippen LogP contribution in [0.15, 0.2) is 36.8 Å². The molecule has 2 aromatic rings. The molecule has 3 nitrogen and oxygen atoms in total. The van der Waals surface area contributed by atoms with Crippen LogP contribution in [0.4, 0.5) is 4.39 Å². The van der Waals surface area contributed by atoms with Gasteiger partial charge in [-0.05, 0) is 36.5 Å². The van der Waals surface area contributed by atoms with Gasteiger partial charge in [0.25, 0.3) is 0 Å². The van der Waals surface area contributed by atoms with Gasteiger partial charge in [-0.2, -0.15) is 0 Å². The fourth-order valence-electron chi connectivity index (χ4n) is 2.43. The van der Waals surface area contributed by atoms with Crippen LogP contribution >= 0.6 is 0 Å². The van der Waals surface area contributed by atoms with Gasteiger partial charge in [-0.3, -0.25) is 0 Å². The molecular formula is C15H18FN3. The van der Waals surface area contributed by atoms with Crippen molar-refractivity contribution in [1.29, 1.82) is 0 Å². The van der Waals surface area contributed by atoms with E-state index in [4.69, 9.17) is 0 Å². The summed E-state index contributed by atoms with van der Waals surface area (Å²) in [6, 6.07) is 7.16. The monoisotopic (exact) mass is 259 g/mol. The molecule has 0 amide bonds. The summed E-state index contributed by atoms with van der Waals surface area (Å²) < 4.78 is 15.0. The predicted molar refractivity (Wildman–Crippen MR) is 71.9 cm³/mol. The predicted octanol–water partition coefficient (Wildman–Crippen LogP) is 2.80. The van der Waals surface area contributed by atoms with E-state index < -0.39 is 0 Å². The highest BCUT2D eigenvalue weighted by Gasteiger charge is 2.32. The molecule has 1 aliphatic rings. The first-order chi connectivity index (χ1) is 9.24. The summed E-state index contributed by atoms with van der Waals surface area (Å²) in [5, 5.41) is 3.58. The number of halogens is 1. The number of hydrogen-bond acceptors (Lipinski definition) is 2. The number of rotatable bonds is 5. The number of aromatic nitrogens is 2. The van der Waals surface area contributed by atoms with E-state index in [1.165, 1.54) is 30.5 Å². The van der Waals surface area contributed by atoms with Crippen molar-refractivity contribution >= 4 is 0 Å². The van der Waals surface area contributed by atoms with Gasteiger partial charge in [0.2, 0.25) is 0 Å². The summed E-state index contributed by atoms with van der Waals surface area (Å²) in [7, 11) is 1.99. The number of imidazole rings is 1. The van der Waals surface area contributed by atoms with Crippen LogP contribution in [-0.2, 0) is 13.6 Å². The smallest absolute Gasteiger partial charge is 0.123 e. The molecule has 0 spiro atoms. The Labute approximate surface area is 112 Å². The van der Waals surface area contributed by atoms with Crippen molar-refractivity contribution in [1.82, 2.24) is 14.9 Å². The lowest BCUT2D eigenvalue weighted by atomic mass is 10.0. The maximum absolute atomic E-state index is 13.0. The highest BCUT2D eigenvalue weighted by Crippen LogP contribution is 2.41. The van der Waals surface area contributed by atoms with Crippen molar-refractivity contribution in [3.8, 4) is 0 Å². The Morgan fingerprint density at radius 1 is 1.37 bits per heavy atom. The lowest BCUT2D eigenvalue weighted by Gasteiger charge is -2.19. The number of benzene rings is 1. The summed E-state index contributed by atoms with van der Waals surface area (Å²) in [5.74, 6) is 0.503. The van der Waals surface area contributed by atoms with Crippen LogP contribution in [0.25, 0.3) is 0 Å². The van der Waals surface area contributed by atoms with Crippen molar-refractivity contribution in [2.75, 3.05) is 0 Å². The van der Waals surface area contributed by atoms with Crippen LogP contribution in [0.1, 0.15) is 30.1 Å². The fourth-order valence-corrected chi connectivity index (χ4v) is 2.43. The molecule has 0 bridgehead atoms. The zero-order chi connectivity index (χ0) is 13.2. The molecule has 3 rings (SSSR count). The summed E-state index contributed by atoms with van der Waals surface area (Å²) in [4.78, 5) is 4.12. The van der Waals surface area contributed by atoms with Crippen LogP contribution in [0.2, 0.25) is 0 Å². The lowest BCUT2D eigenvalue weighted by molar-refractivity contribution is 0.471. The average Bonchev–Trinajstić information content (AvgIpc) is 3.16. The Balaban J connectivity index is 1.71. The standard InChI is InChI=1S/C15H18FN3/c1-19-10-17-8-14(19)9-18-15(11-2-3-11)12-4-6-13(16)7-5-12/h4-8,10-11,15,18H,2-3,9H2,1H3. The van der Waals surface area contributed by atoms with Gasteiger partial charge in [-0.1, -0.05) is 12.1 Å². The van der Waals surface area contributed by atoms with Crippen molar-refractivity contribution in [3.63, 3.8) is 0 Å². The third-order valence-electron chi connectivity index (χ3n) is 3.74. The van der Waals surface area contributed by atoms with Crippen LogP contribution in [0, 0.1) is 11.7 Å². The second-order valence-electron chi connectivity index (χ2n) is 5.24. The molecule has 19 heavy (non-hydrogen) atoms. The van der Waals surface area contributed by atoms with E-state index in [2.05, 4.69) is 10.3 Å². The minimum atomic E-state index is -0.176. The molecule has 1 N–H and O–H groups in total. The Morgan fingerprint density at radius 3 is 2.68 bits per heavy atom. The van der Waals surface area contributed by atoms with Gasteiger partial charge in [0.15, 0.2) is 0 Å². The van der Waals surface area contributed by atoms with Crippen LogP contribution in [0.3, 0.4) is 0 Å². The average molecular weight is 259 g/mol. The molecule has 1 fully saturated rings. The molecule has 1 saturated carbocycles. The maximum atomic E-state index is 13.0. The molecule has 0 saturated heterocycles. The molecule has 0 aliphatic heterocycles. The van der Waals surface area contributed by atoms with Crippen LogP contribution in [-0.4, -0.2) is 9.55 Å². The molecule has 1 aromatic carbocycles. The minimum absolute atomic E-state index is 0.176. The van der Waals surface area contributed by atoms with E-state index in [-0.39, 0.29) is 5.82 Å². The van der Waals surface area contributed by atoms with E-state index in [9.17, 15) is 4.39 Å². The Kier molecular flexibility index (Phi) is 3.34. The van der Waals surface area contributed by atoms with E-state index >= 15 is 0 Å². The van der Waals surface area contributed by atoms with E-state index in [1.807, 2.05) is 29.9 Å². The second-order valence-corrected chi connectivity index (χ2v) is 5.24. The van der Waals surface area contributed by atoms with Gasteiger partial charge in [0.1, 0.15) is 5.82 Å². The van der Waals surface area contributed by atoms with Crippen molar-refractivity contribution in [2.45, 2.75) is 25.4 Å². The van der Waals surface area contributed by atoms with Gasteiger partial charge in [0, 0.05) is 25.8 Å². The van der Waals surface area contributed by atoms with Gasteiger partial charge in [-0.25, -0.2) is 9.37 Å². The third-order valence-corrected chi connectivity index (χ3v) is 3.74. The van der Waals surface area contributed by atoms with Gasteiger partial charge in [-0.15, -0.1) is 0 Å². The zero-order valence-electron chi connectivity index (χ0n) is 11.0. The molecule has 1 atom stereocenters. The number of aryl methyl sites for hydroxylation is 1. The quantitative estimate of drug-likeness (QED) is 0.894. The fraction of sp³-hybridized carbons (Fsp3) is 0.400. The van der Waals surface area contributed by atoms with E-state index in [1.54, 1.807) is 6.33 Å². The van der Waals surface area contributed by atoms with Crippen LogP contribution < -0.4 is 5.32 Å². The highest BCUT2D eigenvalue weighted by atomic mass is 19.1. The largest absolute Gasteiger partial charge is 0.337 e. The molecule has 4 heteroatoms. The Hall–Kier alpha value is -1.68.